The van der Waals surface area contributed by atoms with E-state index in [1.807, 2.05) is 13.0 Å². The average molecular weight is 799 g/mol. The van der Waals surface area contributed by atoms with E-state index in [0.29, 0.717) is 23.5 Å². The number of anilines is 2. The van der Waals surface area contributed by atoms with Gasteiger partial charge in [-0.25, -0.2) is 9.59 Å². The molecule has 2 fully saturated rings. The predicted octanol–water partition coefficient (Wildman–Crippen LogP) is 4.42. The van der Waals surface area contributed by atoms with Crippen molar-refractivity contribution in [3.8, 4) is 11.5 Å². The van der Waals surface area contributed by atoms with Crippen molar-refractivity contribution in [1.82, 2.24) is 10.2 Å². The van der Waals surface area contributed by atoms with Gasteiger partial charge in [-0.05, 0) is 57.0 Å². The number of aliphatic hydroxyl groups is 1. The lowest BCUT2D eigenvalue weighted by molar-refractivity contribution is -0.158. The summed E-state index contributed by atoms with van der Waals surface area (Å²) in [5, 5.41) is 14.5. The Labute approximate surface area is 331 Å². The van der Waals surface area contributed by atoms with Crippen molar-refractivity contribution in [2.75, 3.05) is 46.1 Å². The van der Waals surface area contributed by atoms with Crippen molar-refractivity contribution in [2.24, 2.45) is 5.92 Å². The number of nitrogens with one attached hydrogen (secondary N) is 1. The van der Waals surface area contributed by atoms with Crippen LogP contribution in [0, 0.1) is 5.92 Å². The monoisotopic (exact) mass is 798 g/mol. The molecule has 16 heteroatoms. The fourth-order valence-corrected chi connectivity index (χ4v) is 7.57. The maximum Gasteiger partial charge on any atom is 0.409 e. The molecule has 15 nitrogen and oxygen atoms in total. The van der Waals surface area contributed by atoms with Gasteiger partial charge in [0.05, 0.1) is 38.0 Å². The van der Waals surface area contributed by atoms with Crippen LogP contribution in [0.4, 0.5) is 16.2 Å². The van der Waals surface area contributed by atoms with Crippen molar-refractivity contribution in [3.63, 3.8) is 0 Å². The zero-order valence-corrected chi connectivity index (χ0v) is 33.8. The highest BCUT2D eigenvalue weighted by atomic mass is 35.5. The number of esters is 1. The normalized spacial score (nSPS) is 30.0. The number of alkyl carbamates (subject to hydrolysis) is 1. The van der Waals surface area contributed by atoms with E-state index < -0.39 is 71.6 Å². The number of carbonyl (C=O) groups is 4. The van der Waals surface area contributed by atoms with Gasteiger partial charge in [-0.1, -0.05) is 42.3 Å². The summed E-state index contributed by atoms with van der Waals surface area (Å²) in [4.78, 5) is 57.2. The highest BCUT2D eigenvalue weighted by Crippen LogP contribution is 2.49. The Hall–Kier alpha value is -4.83. The van der Waals surface area contributed by atoms with E-state index >= 15 is 0 Å². The molecule has 304 valence electrons. The van der Waals surface area contributed by atoms with E-state index in [1.54, 1.807) is 51.2 Å². The van der Waals surface area contributed by atoms with E-state index in [-0.39, 0.29) is 29.2 Å². The highest BCUT2D eigenvalue weighted by Gasteiger charge is 2.64. The van der Waals surface area contributed by atoms with E-state index in [0.717, 1.165) is 11.1 Å². The number of carbonyl (C=O) groups excluding carboxylic acids is 4. The second kappa shape index (κ2) is 16.7. The molecule has 4 bridgehead atoms. The fourth-order valence-electron chi connectivity index (χ4n) is 7.25. The van der Waals surface area contributed by atoms with Crippen LogP contribution < -0.4 is 25.4 Å². The van der Waals surface area contributed by atoms with Crippen molar-refractivity contribution >= 4 is 46.9 Å². The first-order chi connectivity index (χ1) is 26.4. The largest absolute Gasteiger partial charge is 0.496 e. The number of nitrogens with zero attached hydrogens (tertiary/aromatic N) is 2. The maximum atomic E-state index is 14.2. The summed E-state index contributed by atoms with van der Waals surface area (Å²) in [6.07, 6.45) is 0.658. The van der Waals surface area contributed by atoms with Gasteiger partial charge in [0, 0.05) is 45.3 Å². The molecule has 2 saturated heterocycles. The third-order valence-electron chi connectivity index (χ3n) is 10.9. The number of likely N-dealkylation sites (N-methyl/N-ethyl adjacent to an activating group) is 1. The SMILES string of the molecule is COc1cc(N)ccc1C(=O)N(C)[C@@H](C)C(=O)O[C@H]1CC(=O)N(C)c2cc(cc(OC)c2Cl)C/C(C)=C/C=C/[C@@H](OC)[C@@]2(O)C[C@H](OC(=O)N2)[C@@H](C)[C@@H]2O[C@@]12C. The number of rotatable bonds is 7. The molecule has 0 aliphatic carbocycles. The molecule has 0 aromatic heterocycles. The predicted molar refractivity (Wildman–Crippen MR) is 208 cm³/mol. The van der Waals surface area contributed by atoms with Crippen LogP contribution in [0.15, 0.2) is 54.1 Å². The first-order valence-corrected chi connectivity index (χ1v) is 18.5. The summed E-state index contributed by atoms with van der Waals surface area (Å²) >= 11 is 6.77. The topological polar surface area (TPSA) is 192 Å². The lowest BCUT2D eigenvalue weighted by Gasteiger charge is -2.42. The summed E-state index contributed by atoms with van der Waals surface area (Å²) in [5.74, 6) is -1.78. The Balaban J connectivity index is 1.52. The number of ether oxygens (including phenoxy) is 6. The van der Waals surface area contributed by atoms with Crippen molar-refractivity contribution in [3.05, 3.63) is 70.3 Å². The van der Waals surface area contributed by atoms with Crippen LogP contribution in [0.5, 0.6) is 11.5 Å². The number of nitrogens with two attached hydrogens (primary N) is 1. The highest BCUT2D eigenvalue weighted by molar-refractivity contribution is 6.35. The van der Waals surface area contributed by atoms with Crippen LogP contribution >= 0.6 is 11.6 Å². The van der Waals surface area contributed by atoms with Crippen LogP contribution in [-0.2, 0) is 35.0 Å². The molecular weight excluding hydrogens is 748 g/mol. The average Bonchev–Trinajstić information content (AvgIpc) is 3.86. The minimum absolute atomic E-state index is 0.0732. The second-order valence-electron chi connectivity index (χ2n) is 14.8. The Morgan fingerprint density at radius 1 is 1.14 bits per heavy atom. The Morgan fingerprint density at radius 2 is 1.84 bits per heavy atom. The Bertz CT molecular complexity index is 1920. The number of methoxy groups -OCH3 is 3. The third kappa shape index (κ3) is 8.60. The van der Waals surface area contributed by atoms with Crippen molar-refractivity contribution < 1.29 is 52.7 Å². The van der Waals surface area contributed by atoms with Crippen molar-refractivity contribution in [1.29, 1.82) is 0 Å². The van der Waals surface area contributed by atoms with Crippen LogP contribution in [-0.4, -0.2) is 111 Å². The Morgan fingerprint density at radius 3 is 2.50 bits per heavy atom. The minimum atomic E-state index is -1.85. The van der Waals surface area contributed by atoms with E-state index in [9.17, 15) is 24.3 Å². The van der Waals surface area contributed by atoms with Gasteiger partial charge in [-0.3, -0.25) is 14.9 Å². The number of amides is 3. The van der Waals surface area contributed by atoms with Gasteiger partial charge in [-0.15, -0.1) is 0 Å². The number of hydrogen-bond donors (Lipinski definition) is 3. The molecule has 0 saturated carbocycles. The van der Waals surface area contributed by atoms with Gasteiger partial charge >= 0.3 is 12.1 Å². The number of halogens is 1. The molecule has 3 amide bonds. The molecule has 2 aromatic rings. The first kappa shape index (κ1) is 42.3. The molecule has 3 aliphatic heterocycles. The van der Waals surface area contributed by atoms with Gasteiger partial charge in [-0.2, -0.15) is 0 Å². The maximum absolute atomic E-state index is 14.2. The number of epoxide rings is 1. The van der Waals surface area contributed by atoms with Crippen LogP contribution in [0.3, 0.4) is 0 Å². The molecule has 5 rings (SSSR count). The zero-order valence-electron chi connectivity index (χ0n) is 33.1. The zero-order chi connectivity index (χ0) is 41.3. The second-order valence-corrected chi connectivity index (χ2v) is 15.2. The number of hydrogen-bond acceptors (Lipinski definition) is 12. The van der Waals surface area contributed by atoms with Crippen LogP contribution in [0.25, 0.3) is 0 Å². The van der Waals surface area contributed by atoms with Crippen LogP contribution in [0.2, 0.25) is 5.02 Å². The fraction of sp³-hybridized carbons (Fsp3) is 0.500. The summed E-state index contributed by atoms with van der Waals surface area (Å²) in [5.41, 5.74) is 5.41. The first-order valence-electron chi connectivity index (χ1n) is 18.2. The molecule has 4 N–H and O–H groups in total. The van der Waals surface area contributed by atoms with Crippen LogP contribution in [0.1, 0.15) is 56.5 Å². The number of nitrogen functional groups attached to an aromatic ring is 1. The summed E-state index contributed by atoms with van der Waals surface area (Å²) in [6.45, 7) is 6.89. The van der Waals surface area contributed by atoms with Gasteiger partial charge < -0.3 is 49.1 Å². The number of fused-ring (bicyclic) bond motifs is 5. The Kier molecular flexibility index (Phi) is 12.6. The molecule has 56 heavy (non-hydrogen) atoms. The summed E-state index contributed by atoms with van der Waals surface area (Å²) in [6, 6.07) is 6.99. The molecule has 3 heterocycles. The molecule has 0 radical (unpaired) electrons. The van der Waals surface area contributed by atoms with Gasteiger partial charge in [0.2, 0.25) is 5.91 Å². The standard InChI is InChI=1S/C40H51ClN4O11/c1-21-11-10-12-31(53-9)40(50)20-30(54-38(49)43-40)22(2)35-39(4,56-35)32(19-33(46)45(6)27-16-24(15-21)17-29(52-8)34(27)41)55-37(48)23(3)44(5)36(47)26-14-13-25(42)18-28(26)51-7/h10-14,16-18,22-23,30-32,35,50H,15,19-20,42H2,1-9H3,(H,43,49)/b12-10+,21-11+/t22-,23+,30+,31-,32+,35+,39+,40+/m1/s1. The quantitative estimate of drug-likeness (QED) is 0.203. The molecule has 3 aliphatic rings. The number of benzene rings is 2. The minimum Gasteiger partial charge on any atom is -0.496 e. The van der Waals surface area contributed by atoms with E-state index in [2.05, 4.69) is 5.32 Å². The smallest absolute Gasteiger partial charge is 0.409 e. The molecule has 0 spiro atoms. The summed E-state index contributed by atoms with van der Waals surface area (Å²) < 4.78 is 34.6. The lowest BCUT2D eigenvalue weighted by Crippen LogP contribution is -2.63. The molecule has 8 atom stereocenters. The molecule has 0 unspecified atom stereocenters. The number of allylic oxidation sites excluding steroid dienone is 3. The molecular formula is C40H51ClN4O11. The summed E-state index contributed by atoms with van der Waals surface area (Å²) in [7, 11) is 7.31. The third-order valence-corrected chi connectivity index (χ3v) is 11.3. The van der Waals surface area contributed by atoms with Gasteiger partial charge in [0.1, 0.15) is 46.5 Å². The molecule has 2 aromatic carbocycles. The lowest BCUT2D eigenvalue weighted by atomic mass is 9.83. The van der Waals surface area contributed by atoms with Gasteiger partial charge in [0.25, 0.3) is 5.91 Å². The van der Waals surface area contributed by atoms with E-state index in [4.69, 9.17) is 45.8 Å². The van der Waals surface area contributed by atoms with E-state index in [1.165, 1.54) is 57.2 Å². The van der Waals surface area contributed by atoms with Crippen molar-refractivity contribution in [2.45, 2.75) is 88.7 Å². The van der Waals surface area contributed by atoms with Gasteiger partial charge in [0.15, 0.2) is 5.72 Å².